The summed E-state index contributed by atoms with van der Waals surface area (Å²) in [6, 6.07) is 5.94. The third-order valence-corrected chi connectivity index (χ3v) is 4.27. The number of halogens is 1. The fourth-order valence-corrected chi connectivity index (χ4v) is 2.96. The van der Waals surface area contributed by atoms with E-state index < -0.39 is 0 Å². The first-order valence-corrected chi connectivity index (χ1v) is 8.96. The van der Waals surface area contributed by atoms with Gasteiger partial charge in [0.15, 0.2) is 5.96 Å². The lowest BCUT2D eigenvalue weighted by Crippen LogP contribution is -2.43. The summed E-state index contributed by atoms with van der Waals surface area (Å²) in [7, 11) is 0. The fourth-order valence-electron chi connectivity index (χ4n) is 2.96. The van der Waals surface area contributed by atoms with Gasteiger partial charge in [-0.15, -0.1) is 24.0 Å². The van der Waals surface area contributed by atoms with Crippen molar-refractivity contribution in [1.82, 2.24) is 20.5 Å². The first kappa shape index (κ1) is 21.2. The van der Waals surface area contributed by atoms with Crippen molar-refractivity contribution in [1.29, 1.82) is 0 Å². The van der Waals surface area contributed by atoms with Gasteiger partial charge in [-0.3, -0.25) is 4.98 Å². The maximum Gasteiger partial charge on any atom is 0.191 e. The zero-order valence-electron chi connectivity index (χ0n) is 15.0. The Kier molecular flexibility index (Phi) is 11.0. The van der Waals surface area contributed by atoms with E-state index in [1.807, 2.05) is 24.4 Å². The van der Waals surface area contributed by atoms with Gasteiger partial charge in [0.05, 0.1) is 12.2 Å². The number of piperidine rings is 1. The van der Waals surface area contributed by atoms with Gasteiger partial charge in [0, 0.05) is 19.3 Å². The highest BCUT2D eigenvalue weighted by Crippen LogP contribution is 2.16. The van der Waals surface area contributed by atoms with Crippen LogP contribution < -0.4 is 10.6 Å². The number of nitrogens with one attached hydrogen (secondary N) is 2. The molecular weight excluding hydrogens is 413 g/mol. The van der Waals surface area contributed by atoms with Crippen LogP contribution >= 0.6 is 24.0 Å². The Labute approximate surface area is 163 Å². The van der Waals surface area contributed by atoms with Crippen molar-refractivity contribution >= 4 is 29.9 Å². The molecule has 0 aromatic carbocycles. The quantitative estimate of drug-likeness (QED) is 0.385. The third kappa shape index (κ3) is 7.79. The van der Waals surface area contributed by atoms with E-state index in [2.05, 4.69) is 39.4 Å². The molecular formula is C18H32IN5. The molecule has 2 rings (SSSR count). The van der Waals surface area contributed by atoms with Crippen molar-refractivity contribution in [3.8, 4) is 0 Å². The summed E-state index contributed by atoms with van der Waals surface area (Å²) < 4.78 is 0. The van der Waals surface area contributed by atoms with Crippen LogP contribution in [0, 0.1) is 5.92 Å². The minimum Gasteiger partial charge on any atom is -0.357 e. The van der Waals surface area contributed by atoms with Crippen LogP contribution in [0.2, 0.25) is 0 Å². The van der Waals surface area contributed by atoms with Crippen LogP contribution in [0.5, 0.6) is 0 Å². The van der Waals surface area contributed by atoms with E-state index in [1.54, 1.807) is 0 Å². The minimum atomic E-state index is 0. The third-order valence-electron chi connectivity index (χ3n) is 4.27. The molecule has 0 radical (unpaired) electrons. The highest BCUT2D eigenvalue weighted by molar-refractivity contribution is 14.0. The van der Waals surface area contributed by atoms with E-state index in [0.29, 0.717) is 6.54 Å². The number of aromatic nitrogens is 1. The molecule has 5 nitrogen and oxygen atoms in total. The van der Waals surface area contributed by atoms with Crippen LogP contribution in [-0.4, -0.2) is 48.6 Å². The highest BCUT2D eigenvalue weighted by Gasteiger charge is 2.18. The standard InChI is InChI=1S/C18H31N5.HI/c1-3-11-23-12-8-16(9-13-23)14-21-18(19-4-2)22-15-17-7-5-6-10-20-17;/h5-7,10,16H,3-4,8-9,11-15H2,1-2H3,(H2,19,21,22);1H. The molecule has 1 saturated heterocycles. The topological polar surface area (TPSA) is 52.5 Å². The van der Waals surface area contributed by atoms with Gasteiger partial charge in [0.1, 0.15) is 0 Å². The first-order valence-electron chi connectivity index (χ1n) is 8.96. The second-order valence-electron chi connectivity index (χ2n) is 6.18. The average molecular weight is 445 g/mol. The molecule has 0 amide bonds. The molecule has 0 saturated carbocycles. The molecule has 2 heterocycles. The van der Waals surface area contributed by atoms with Gasteiger partial charge in [0.25, 0.3) is 0 Å². The molecule has 2 N–H and O–H groups in total. The van der Waals surface area contributed by atoms with E-state index in [1.165, 1.54) is 38.9 Å². The maximum atomic E-state index is 4.63. The molecule has 136 valence electrons. The van der Waals surface area contributed by atoms with Gasteiger partial charge < -0.3 is 15.5 Å². The summed E-state index contributed by atoms with van der Waals surface area (Å²) >= 11 is 0. The number of nitrogens with zero attached hydrogens (tertiary/aromatic N) is 3. The smallest absolute Gasteiger partial charge is 0.191 e. The molecule has 1 fully saturated rings. The summed E-state index contributed by atoms with van der Waals surface area (Å²) in [5.74, 6) is 1.65. The van der Waals surface area contributed by atoms with Crippen LogP contribution in [0.3, 0.4) is 0 Å². The van der Waals surface area contributed by atoms with Crippen molar-refractivity contribution in [2.24, 2.45) is 10.9 Å². The Balaban J connectivity index is 0.00000288. The molecule has 1 aromatic rings. The van der Waals surface area contributed by atoms with E-state index in [9.17, 15) is 0 Å². The summed E-state index contributed by atoms with van der Waals surface area (Å²) in [5, 5.41) is 6.82. The first-order chi connectivity index (χ1) is 11.3. The molecule has 0 bridgehead atoms. The molecule has 24 heavy (non-hydrogen) atoms. The molecule has 6 heteroatoms. The number of aliphatic imine (C=N–C) groups is 1. The van der Waals surface area contributed by atoms with Crippen molar-refractivity contribution < 1.29 is 0 Å². The summed E-state index contributed by atoms with van der Waals surface area (Å²) in [5.41, 5.74) is 0.998. The lowest BCUT2D eigenvalue weighted by molar-refractivity contribution is 0.185. The second-order valence-corrected chi connectivity index (χ2v) is 6.18. The maximum absolute atomic E-state index is 4.63. The van der Waals surface area contributed by atoms with E-state index in [-0.39, 0.29) is 24.0 Å². The van der Waals surface area contributed by atoms with Crippen LogP contribution in [-0.2, 0) is 6.54 Å². The van der Waals surface area contributed by atoms with Crippen LogP contribution in [0.4, 0.5) is 0 Å². The molecule has 0 aliphatic carbocycles. The van der Waals surface area contributed by atoms with Crippen molar-refractivity contribution in [3.63, 3.8) is 0 Å². The number of hydrogen-bond donors (Lipinski definition) is 2. The number of hydrogen-bond acceptors (Lipinski definition) is 3. The predicted molar refractivity (Wildman–Crippen MR) is 112 cm³/mol. The fraction of sp³-hybridized carbons (Fsp3) is 0.667. The minimum absolute atomic E-state index is 0. The Morgan fingerprint density at radius 1 is 1.25 bits per heavy atom. The van der Waals surface area contributed by atoms with E-state index in [4.69, 9.17) is 0 Å². The second kappa shape index (κ2) is 12.5. The number of rotatable bonds is 7. The molecule has 0 unspecified atom stereocenters. The summed E-state index contributed by atoms with van der Waals surface area (Å²) in [6.07, 6.45) is 5.64. The van der Waals surface area contributed by atoms with Gasteiger partial charge in [0.2, 0.25) is 0 Å². The molecule has 0 spiro atoms. The SMILES string of the molecule is CCCN1CCC(CNC(=NCc2ccccn2)NCC)CC1.I. The number of pyridine rings is 1. The van der Waals surface area contributed by atoms with E-state index >= 15 is 0 Å². The van der Waals surface area contributed by atoms with Crippen LogP contribution in [0.1, 0.15) is 38.8 Å². The van der Waals surface area contributed by atoms with E-state index in [0.717, 1.165) is 30.7 Å². The average Bonchev–Trinajstić information content (AvgIpc) is 2.60. The van der Waals surface area contributed by atoms with Crippen LogP contribution in [0.25, 0.3) is 0 Å². The lowest BCUT2D eigenvalue weighted by atomic mass is 9.97. The van der Waals surface area contributed by atoms with Crippen molar-refractivity contribution in [2.75, 3.05) is 32.7 Å². The zero-order chi connectivity index (χ0) is 16.3. The monoisotopic (exact) mass is 445 g/mol. The number of likely N-dealkylation sites (tertiary alicyclic amines) is 1. The van der Waals surface area contributed by atoms with Gasteiger partial charge in [-0.05, 0) is 63.9 Å². The van der Waals surface area contributed by atoms with Gasteiger partial charge >= 0.3 is 0 Å². The van der Waals surface area contributed by atoms with Gasteiger partial charge in [-0.1, -0.05) is 13.0 Å². The molecule has 1 aliphatic rings. The Morgan fingerprint density at radius 2 is 2.04 bits per heavy atom. The summed E-state index contributed by atoms with van der Waals surface area (Å²) in [6.45, 7) is 10.6. The number of guanidine groups is 1. The van der Waals surface area contributed by atoms with Gasteiger partial charge in [-0.2, -0.15) is 0 Å². The Hall–Kier alpha value is -0.890. The highest BCUT2D eigenvalue weighted by atomic mass is 127. The Morgan fingerprint density at radius 3 is 2.67 bits per heavy atom. The predicted octanol–water partition coefficient (Wildman–Crippen LogP) is 2.88. The molecule has 0 atom stereocenters. The zero-order valence-corrected chi connectivity index (χ0v) is 17.3. The summed E-state index contributed by atoms with van der Waals surface area (Å²) in [4.78, 5) is 11.5. The van der Waals surface area contributed by atoms with Crippen molar-refractivity contribution in [2.45, 2.75) is 39.7 Å². The molecule has 1 aromatic heterocycles. The molecule has 1 aliphatic heterocycles. The Bertz CT molecular complexity index is 458. The normalized spacial score (nSPS) is 16.5. The van der Waals surface area contributed by atoms with Gasteiger partial charge in [-0.25, -0.2) is 4.99 Å². The lowest BCUT2D eigenvalue weighted by Gasteiger charge is -2.32. The largest absolute Gasteiger partial charge is 0.357 e. The van der Waals surface area contributed by atoms with Crippen LogP contribution in [0.15, 0.2) is 29.4 Å². The van der Waals surface area contributed by atoms with Crippen molar-refractivity contribution in [3.05, 3.63) is 30.1 Å².